The topological polar surface area (TPSA) is 3.24 Å². The summed E-state index contributed by atoms with van der Waals surface area (Å²) in [5.41, 5.74) is 24.5. The van der Waals surface area contributed by atoms with Crippen LogP contribution >= 0.6 is 0 Å². The number of anilines is 3. The maximum Gasteiger partial charge on any atom is 0.0752 e. The average Bonchev–Trinajstić information content (AvgIpc) is 3.90. The Kier molecular flexibility index (Phi) is 7.77. The van der Waals surface area contributed by atoms with E-state index in [9.17, 15) is 0 Å². The number of hydrogen-bond donors (Lipinski definition) is 0. The summed E-state index contributed by atoms with van der Waals surface area (Å²) < 4.78 is 0. The van der Waals surface area contributed by atoms with Gasteiger partial charge in [-0.1, -0.05) is 195 Å². The smallest absolute Gasteiger partial charge is 0.0752 e. The van der Waals surface area contributed by atoms with E-state index >= 15 is 0 Å². The van der Waals surface area contributed by atoms with E-state index in [0.29, 0.717) is 0 Å². The first-order valence-corrected chi connectivity index (χ1v) is 22.4. The van der Waals surface area contributed by atoms with Crippen LogP contribution in [0.2, 0.25) is 0 Å². The molecule has 0 saturated heterocycles. The fraction of sp³-hybridized carbons (Fsp3) is 0.0794. The Morgan fingerprint density at radius 2 is 0.984 bits per heavy atom. The third kappa shape index (κ3) is 4.97. The second-order valence-electron chi connectivity index (χ2n) is 18.3. The Morgan fingerprint density at radius 1 is 0.406 bits per heavy atom. The summed E-state index contributed by atoms with van der Waals surface area (Å²) in [5, 5.41) is 2.50. The second-order valence-corrected chi connectivity index (χ2v) is 18.3. The lowest BCUT2D eigenvalue weighted by atomic mass is 9.69. The van der Waals surface area contributed by atoms with Crippen molar-refractivity contribution in [3.05, 3.63) is 257 Å². The van der Waals surface area contributed by atoms with Gasteiger partial charge in [-0.3, -0.25) is 0 Å². The molecular weight excluding hydrogens is 771 g/mol. The van der Waals surface area contributed by atoms with Crippen molar-refractivity contribution >= 4 is 27.8 Å². The Bertz CT molecular complexity index is 3520. The van der Waals surface area contributed by atoms with Gasteiger partial charge in [0.15, 0.2) is 0 Å². The molecule has 3 aliphatic rings. The van der Waals surface area contributed by atoms with Gasteiger partial charge >= 0.3 is 0 Å². The molecule has 1 nitrogen and oxygen atoms in total. The van der Waals surface area contributed by atoms with Gasteiger partial charge < -0.3 is 4.90 Å². The molecule has 1 atom stereocenters. The number of aryl methyl sites for hydroxylation is 1. The van der Waals surface area contributed by atoms with E-state index in [2.05, 4.69) is 244 Å². The van der Waals surface area contributed by atoms with E-state index < -0.39 is 5.41 Å². The molecule has 1 heteroatoms. The first-order valence-electron chi connectivity index (χ1n) is 22.4. The lowest BCUT2D eigenvalue weighted by Gasteiger charge is -2.35. The SMILES string of the molecule is Cc1ccc2c(c1)C1(c3cc#ccc3-2)c2ccccc2-c2cccc(N(c3ccc(-c4cccc5c4-c4ccccc4C5(C)C)cc3)c3ccc(-c4cccc5ccccc45)cc3)c21. The van der Waals surface area contributed by atoms with E-state index in [1.165, 1.54) is 105 Å². The highest BCUT2D eigenvalue weighted by Gasteiger charge is 2.53. The summed E-state index contributed by atoms with van der Waals surface area (Å²) in [7, 11) is 0. The van der Waals surface area contributed by atoms with Crippen molar-refractivity contribution in [2.75, 3.05) is 4.90 Å². The first-order chi connectivity index (χ1) is 31.4. The average molecular weight is 814 g/mol. The van der Waals surface area contributed by atoms with Crippen LogP contribution in [-0.2, 0) is 10.8 Å². The van der Waals surface area contributed by atoms with Crippen LogP contribution in [-0.4, -0.2) is 0 Å². The molecule has 3 aliphatic carbocycles. The largest absolute Gasteiger partial charge is 0.310 e. The van der Waals surface area contributed by atoms with Gasteiger partial charge in [0, 0.05) is 22.4 Å². The lowest BCUT2D eigenvalue weighted by Crippen LogP contribution is -2.28. The van der Waals surface area contributed by atoms with Crippen molar-refractivity contribution in [2.45, 2.75) is 31.6 Å². The summed E-state index contributed by atoms with van der Waals surface area (Å²) in [5.74, 6) is 0. The Balaban J connectivity index is 1.04. The van der Waals surface area contributed by atoms with E-state index in [-0.39, 0.29) is 5.41 Å². The maximum atomic E-state index is 3.41. The summed E-state index contributed by atoms with van der Waals surface area (Å²) >= 11 is 0. The molecule has 10 aromatic carbocycles. The minimum absolute atomic E-state index is 0.0656. The van der Waals surface area contributed by atoms with Crippen molar-refractivity contribution in [3.8, 4) is 55.6 Å². The van der Waals surface area contributed by atoms with Crippen LogP contribution in [0.3, 0.4) is 0 Å². The molecule has 1 unspecified atom stereocenters. The van der Waals surface area contributed by atoms with Gasteiger partial charge in [-0.15, -0.1) is 0 Å². The number of rotatable bonds is 5. The lowest BCUT2D eigenvalue weighted by molar-refractivity contribution is 0.660. The van der Waals surface area contributed by atoms with Crippen molar-refractivity contribution in [1.82, 2.24) is 0 Å². The Labute approximate surface area is 375 Å². The fourth-order valence-electron chi connectivity index (χ4n) is 11.8. The molecular formula is C63H43N. The third-order valence-electron chi connectivity index (χ3n) is 14.6. The van der Waals surface area contributed by atoms with Crippen LogP contribution in [0.15, 0.2) is 206 Å². The number of benzene rings is 9. The zero-order chi connectivity index (χ0) is 42.7. The van der Waals surface area contributed by atoms with Crippen LogP contribution in [0.1, 0.15) is 52.8 Å². The minimum atomic E-state index is -0.559. The number of fused-ring (bicyclic) bond motifs is 14. The van der Waals surface area contributed by atoms with E-state index in [0.717, 1.165) is 17.1 Å². The monoisotopic (exact) mass is 813 g/mol. The van der Waals surface area contributed by atoms with Crippen LogP contribution in [0.25, 0.3) is 66.4 Å². The van der Waals surface area contributed by atoms with E-state index in [1.807, 2.05) is 0 Å². The zero-order valence-electron chi connectivity index (χ0n) is 36.1. The first kappa shape index (κ1) is 36.7. The molecule has 0 N–H and O–H groups in total. The predicted octanol–water partition coefficient (Wildman–Crippen LogP) is 16.2. The van der Waals surface area contributed by atoms with E-state index in [4.69, 9.17) is 0 Å². The second kappa shape index (κ2) is 13.5. The normalized spacial score (nSPS) is 15.5. The highest BCUT2D eigenvalue weighted by Crippen LogP contribution is 2.65. The highest BCUT2D eigenvalue weighted by atomic mass is 15.1. The van der Waals surface area contributed by atoms with E-state index in [1.54, 1.807) is 0 Å². The van der Waals surface area contributed by atoms with Gasteiger partial charge in [0.1, 0.15) is 0 Å². The van der Waals surface area contributed by atoms with Gasteiger partial charge in [-0.2, -0.15) is 0 Å². The summed E-state index contributed by atoms with van der Waals surface area (Å²) in [6.45, 7) is 6.93. The quantitative estimate of drug-likeness (QED) is 0.167. The zero-order valence-corrected chi connectivity index (χ0v) is 36.1. The molecule has 10 aromatic rings. The number of hydrogen-bond acceptors (Lipinski definition) is 1. The van der Waals surface area contributed by atoms with Crippen molar-refractivity contribution in [3.63, 3.8) is 0 Å². The molecule has 1 spiro atoms. The van der Waals surface area contributed by atoms with Crippen LogP contribution in [0.4, 0.5) is 17.1 Å². The maximum absolute atomic E-state index is 3.41. The molecule has 0 fully saturated rings. The van der Waals surface area contributed by atoms with Crippen molar-refractivity contribution in [1.29, 1.82) is 0 Å². The summed E-state index contributed by atoms with van der Waals surface area (Å²) in [6.07, 6.45) is 0. The molecule has 0 aliphatic heterocycles. The van der Waals surface area contributed by atoms with Crippen molar-refractivity contribution < 1.29 is 0 Å². The molecule has 0 aromatic heterocycles. The highest BCUT2D eigenvalue weighted by molar-refractivity contribution is 6.01. The molecule has 0 bridgehead atoms. The van der Waals surface area contributed by atoms with Gasteiger partial charge in [-0.25, -0.2) is 0 Å². The third-order valence-corrected chi connectivity index (χ3v) is 14.6. The van der Waals surface area contributed by atoms with Crippen LogP contribution in [0, 0.1) is 19.1 Å². The molecule has 64 heavy (non-hydrogen) atoms. The van der Waals surface area contributed by atoms with Gasteiger partial charge in [-0.05, 0) is 144 Å². The van der Waals surface area contributed by atoms with Crippen molar-refractivity contribution in [2.24, 2.45) is 0 Å². The molecule has 0 radical (unpaired) electrons. The van der Waals surface area contributed by atoms with Gasteiger partial charge in [0.25, 0.3) is 0 Å². The fourth-order valence-corrected chi connectivity index (χ4v) is 11.8. The predicted molar refractivity (Wildman–Crippen MR) is 266 cm³/mol. The Hall–Kier alpha value is -7.92. The standard InChI is InChI=1S/C63H43N/c1-40-29-38-51-49-18-6-10-25-55(49)63(58(51)39-40)56-26-11-7-19-50(56)52-23-14-28-59(61(52)63)64(44-34-30-42(31-35-44)47-21-12-16-41-15-4-5-17-46(41)47)45-36-32-43(33-37-45)48-22-13-27-57-60(48)53-20-8-9-24-54(53)62(57,2)3/h4-5,7-9,11-39H,1-3H3. The summed E-state index contributed by atoms with van der Waals surface area (Å²) in [6, 6.07) is 83.7. The van der Waals surface area contributed by atoms with Gasteiger partial charge in [0.05, 0.1) is 11.1 Å². The number of nitrogens with zero attached hydrogens (tertiary/aromatic N) is 1. The Morgan fingerprint density at radius 3 is 1.80 bits per heavy atom. The molecule has 0 saturated carbocycles. The molecule has 13 rings (SSSR count). The molecule has 0 heterocycles. The minimum Gasteiger partial charge on any atom is -0.310 e. The van der Waals surface area contributed by atoms with Gasteiger partial charge in [0.2, 0.25) is 0 Å². The molecule has 0 amide bonds. The van der Waals surface area contributed by atoms with Crippen LogP contribution < -0.4 is 4.90 Å². The van der Waals surface area contributed by atoms with Crippen LogP contribution in [0.5, 0.6) is 0 Å². The molecule has 300 valence electrons. The summed E-state index contributed by atoms with van der Waals surface area (Å²) in [4.78, 5) is 2.50.